The van der Waals surface area contributed by atoms with E-state index in [1.807, 2.05) is 58.7 Å². The fourth-order valence-corrected chi connectivity index (χ4v) is 3.29. The van der Waals surface area contributed by atoms with Crippen molar-refractivity contribution in [1.29, 1.82) is 0 Å². The summed E-state index contributed by atoms with van der Waals surface area (Å²) >= 11 is 1.43. The molecule has 1 aliphatic rings. The molecule has 0 radical (unpaired) electrons. The molecule has 4 rings (SSSR count). The number of carbonyl (C=O) groups is 1. The summed E-state index contributed by atoms with van der Waals surface area (Å²) < 4.78 is 12.6. The molecule has 0 atom stereocenters. The van der Waals surface area contributed by atoms with E-state index in [2.05, 4.69) is 5.32 Å². The van der Waals surface area contributed by atoms with Crippen LogP contribution >= 0.6 is 11.3 Å². The van der Waals surface area contributed by atoms with Gasteiger partial charge in [0.05, 0.1) is 5.69 Å². The van der Waals surface area contributed by atoms with E-state index in [4.69, 9.17) is 9.47 Å². The molecule has 0 saturated heterocycles. The highest BCUT2D eigenvalue weighted by Crippen LogP contribution is 2.32. The van der Waals surface area contributed by atoms with Gasteiger partial charge in [0.1, 0.15) is 4.88 Å². The normalized spacial score (nSPS) is 12.3. The van der Waals surface area contributed by atoms with Crippen LogP contribution in [-0.4, -0.2) is 17.3 Å². The van der Waals surface area contributed by atoms with Crippen LogP contribution in [0.3, 0.4) is 0 Å². The van der Waals surface area contributed by atoms with Crippen molar-refractivity contribution in [2.24, 2.45) is 0 Å². The topological polar surface area (TPSA) is 52.5 Å². The molecule has 1 aliphatic heterocycles. The van der Waals surface area contributed by atoms with Crippen molar-refractivity contribution in [2.75, 3.05) is 6.79 Å². The number of amides is 1. The molecule has 116 valence electrons. The first-order chi connectivity index (χ1) is 11.3. The molecule has 1 aromatic carbocycles. The average molecular weight is 326 g/mol. The van der Waals surface area contributed by atoms with Crippen molar-refractivity contribution in [1.82, 2.24) is 9.88 Å². The Bertz CT molecular complexity index is 839. The first-order valence-electron chi connectivity index (χ1n) is 7.19. The van der Waals surface area contributed by atoms with E-state index in [9.17, 15) is 4.79 Å². The molecule has 3 heterocycles. The molecule has 23 heavy (non-hydrogen) atoms. The van der Waals surface area contributed by atoms with Crippen molar-refractivity contribution >= 4 is 17.2 Å². The number of hydrogen-bond acceptors (Lipinski definition) is 4. The molecular formula is C17H14N2O3S. The standard InChI is InChI=1S/C17H14N2O3S/c20-17(16-13(5-8-23-16)19-6-1-2-7-19)18-10-12-3-4-14-15(9-12)22-11-21-14/h1-9H,10-11H2,(H,18,20). The second-order valence-corrected chi connectivity index (χ2v) is 6.01. The predicted molar refractivity (Wildman–Crippen MR) is 87.4 cm³/mol. The number of hydrogen-bond donors (Lipinski definition) is 1. The number of nitrogens with zero attached hydrogens (tertiary/aromatic N) is 1. The van der Waals surface area contributed by atoms with Gasteiger partial charge in [0.2, 0.25) is 6.79 Å². The number of aromatic nitrogens is 1. The van der Waals surface area contributed by atoms with Gasteiger partial charge in [0, 0.05) is 18.9 Å². The SMILES string of the molecule is O=C(NCc1ccc2c(c1)OCO2)c1sccc1-n1cccc1. The zero-order chi connectivity index (χ0) is 15.6. The molecule has 6 heteroatoms. The molecule has 1 amide bonds. The maximum atomic E-state index is 12.5. The summed E-state index contributed by atoms with van der Waals surface area (Å²) in [6.07, 6.45) is 3.85. The Morgan fingerprint density at radius 1 is 1.17 bits per heavy atom. The van der Waals surface area contributed by atoms with Crippen LogP contribution in [0.1, 0.15) is 15.2 Å². The fourth-order valence-electron chi connectivity index (χ4n) is 2.48. The number of ether oxygens (including phenoxy) is 2. The van der Waals surface area contributed by atoms with Crippen LogP contribution in [-0.2, 0) is 6.54 Å². The third-order valence-electron chi connectivity index (χ3n) is 3.62. The number of nitrogens with one attached hydrogen (secondary N) is 1. The third-order valence-corrected chi connectivity index (χ3v) is 4.53. The maximum absolute atomic E-state index is 12.5. The van der Waals surface area contributed by atoms with Gasteiger partial charge in [-0.3, -0.25) is 4.79 Å². The van der Waals surface area contributed by atoms with Gasteiger partial charge in [-0.05, 0) is 41.3 Å². The van der Waals surface area contributed by atoms with Crippen molar-refractivity contribution in [3.8, 4) is 17.2 Å². The minimum atomic E-state index is -0.0821. The van der Waals surface area contributed by atoms with Crippen molar-refractivity contribution in [3.63, 3.8) is 0 Å². The zero-order valence-electron chi connectivity index (χ0n) is 12.2. The Balaban J connectivity index is 1.48. The first-order valence-corrected chi connectivity index (χ1v) is 8.07. The Hall–Kier alpha value is -2.73. The van der Waals surface area contributed by atoms with Crippen LogP contribution in [0, 0.1) is 0 Å². The maximum Gasteiger partial charge on any atom is 0.263 e. The lowest BCUT2D eigenvalue weighted by Gasteiger charge is -2.07. The van der Waals surface area contributed by atoms with Gasteiger partial charge in [0.15, 0.2) is 11.5 Å². The molecule has 0 unspecified atom stereocenters. The lowest BCUT2D eigenvalue weighted by atomic mass is 10.2. The van der Waals surface area contributed by atoms with Gasteiger partial charge in [-0.1, -0.05) is 6.07 Å². The molecule has 0 aliphatic carbocycles. The zero-order valence-corrected chi connectivity index (χ0v) is 13.0. The number of thiophene rings is 1. The first kappa shape index (κ1) is 13.9. The number of carbonyl (C=O) groups excluding carboxylic acids is 1. The van der Waals surface area contributed by atoms with Crippen LogP contribution in [0.25, 0.3) is 5.69 Å². The molecule has 3 aromatic rings. The Morgan fingerprint density at radius 2 is 2.00 bits per heavy atom. The highest BCUT2D eigenvalue weighted by molar-refractivity contribution is 7.12. The molecule has 5 nitrogen and oxygen atoms in total. The van der Waals surface area contributed by atoms with Crippen LogP contribution in [0.2, 0.25) is 0 Å². The number of benzene rings is 1. The van der Waals surface area contributed by atoms with Crippen molar-refractivity contribution in [2.45, 2.75) is 6.54 Å². The number of fused-ring (bicyclic) bond motifs is 1. The van der Waals surface area contributed by atoms with Gasteiger partial charge in [-0.15, -0.1) is 11.3 Å². The van der Waals surface area contributed by atoms with E-state index in [1.54, 1.807) is 0 Å². The largest absolute Gasteiger partial charge is 0.454 e. The second kappa shape index (κ2) is 5.81. The molecule has 1 N–H and O–H groups in total. The summed E-state index contributed by atoms with van der Waals surface area (Å²) in [4.78, 5) is 13.2. The lowest BCUT2D eigenvalue weighted by Crippen LogP contribution is -2.22. The average Bonchev–Trinajstić information content (AvgIpc) is 3.32. The minimum absolute atomic E-state index is 0.0821. The molecule has 0 fully saturated rings. The Kier molecular flexibility index (Phi) is 3.51. The van der Waals surface area contributed by atoms with Crippen LogP contribution < -0.4 is 14.8 Å². The van der Waals surface area contributed by atoms with Crippen molar-refractivity contribution < 1.29 is 14.3 Å². The summed E-state index contributed by atoms with van der Waals surface area (Å²) in [7, 11) is 0. The van der Waals surface area contributed by atoms with E-state index in [0.29, 0.717) is 11.4 Å². The van der Waals surface area contributed by atoms with Crippen LogP contribution in [0.4, 0.5) is 0 Å². The van der Waals surface area contributed by atoms with Gasteiger partial charge >= 0.3 is 0 Å². The quantitative estimate of drug-likeness (QED) is 0.801. The smallest absolute Gasteiger partial charge is 0.263 e. The van der Waals surface area contributed by atoms with E-state index < -0.39 is 0 Å². The van der Waals surface area contributed by atoms with Crippen LogP contribution in [0.15, 0.2) is 54.2 Å². The second-order valence-electron chi connectivity index (χ2n) is 5.10. The van der Waals surface area contributed by atoms with Gasteiger partial charge in [0.25, 0.3) is 5.91 Å². The van der Waals surface area contributed by atoms with Gasteiger partial charge in [-0.25, -0.2) is 0 Å². The third kappa shape index (κ3) is 2.68. The van der Waals surface area contributed by atoms with E-state index >= 15 is 0 Å². The molecule has 0 bridgehead atoms. The monoisotopic (exact) mass is 326 g/mol. The van der Waals surface area contributed by atoms with Gasteiger partial charge in [-0.2, -0.15) is 0 Å². The van der Waals surface area contributed by atoms with E-state index in [0.717, 1.165) is 22.7 Å². The number of rotatable bonds is 4. The summed E-state index contributed by atoms with van der Waals surface area (Å²) in [6.45, 7) is 0.694. The summed E-state index contributed by atoms with van der Waals surface area (Å²) in [6, 6.07) is 11.5. The van der Waals surface area contributed by atoms with Gasteiger partial charge < -0.3 is 19.4 Å². The molecule has 0 spiro atoms. The minimum Gasteiger partial charge on any atom is -0.454 e. The molecular weight excluding hydrogens is 312 g/mol. The molecule has 2 aromatic heterocycles. The summed E-state index contributed by atoms with van der Waals surface area (Å²) in [5.74, 6) is 1.38. The highest BCUT2D eigenvalue weighted by Gasteiger charge is 2.16. The van der Waals surface area contributed by atoms with Crippen molar-refractivity contribution in [3.05, 3.63) is 64.6 Å². The van der Waals surface area contributed by atoms with Crippen LogP contribution in [0.5, 0.6) is 11.5 Å². The van der Waals surface area contributed by atoms with E-state index in [1.165, 1.54) is 11.3 Å². The Morgan fingerprint density at radius 3 is 2.87 bits per heavy atom. The lowest BCUT2D eigenvalue weighted by molar-refractivity contribution is 0.0955. The van der Waals surface area contributed by atoms with E-state index in [-0.39, 0.29) is 12.7 Å². The Labute approximate surface area is 137 Å². The predicted octanol–water partition coefficient (Wildman–Crippen LogP) is 3.20. The fraction of sp³-hybridized carbons (Fsp3) is 0.118. The summed E-state index contributed by atoms with van der Waals surface area (Å²) in [5, 5.41) is 4.88. The summed E-state index contributed by atoms with van der Waals surface area (Å²) in [5.41, 5.74) is 1.87. The highest BCUT2D eigenvalue weighted by atomic mass is 32.1. The molecule has 0 saturated carbocycles.